The molecule has 0 radical (unpaired) electrons. The van der Waals surface area contributed by atoms with Crippen LogP contribution < -0.4 is 10.1 Å². The summed E-state index contributed by atoms with van der Waals surface area (Å²) < 4.78 is 5.11. The third-order valence-electron chi connectivity index (χ3n) is 2.53. The molecule has 0 bridgehead atoms. The summed E-state index contributed by atoms with van der Waals surface area (Å²) in [6.45, 7) is 0.353. The molecule has 0 aliphatic rings. The summed E-state index contributed by atoms with van der Waals surface area (Å²) in [5, 5.41) is 13.7. The number of nitrogens with zero attached hydrogens (tertiary/aromatic N) is 3. The van der Waals surface area contributed by atoms with E-state index in [2.05, 4.69) is 15.3 Å². The van der Waals surface area contributed by atoms with Gasteiger partial charge in [0.05, 0.1) is 12.0 Å². The molecule has 0 aliphatic carbocycles. The number of methoxy groups -OCH3 is 1. The van der Waals surface area contributed by atoms with Crippen LogP contribution >= 0.6 is 11.6 Å². The van der Waals surface area contributed by atoms with Crippen molar-refractivity contribution in [3.8, 4) is 5.75 Å². The summed E-state index contributed by atoms with van der Waals surface area (Å²) in [7, 11) is 1.57. The van der Waals surface area contributed by atoms with Crippen molar-refractivity contribution in [1.29, 1.82) is 0 Å². The number of rotatable bonds is 5. The summed E-state index contributed by atoms with van der Waals surface area (Å²) >= 11 is 5.65. The van der Waals surface area contributed by atoms with Crippen LogP contribution in [0.1, 0.15) is 5.56 Å². The lowest BCUT2D eigenvalue weighted by atomic mass is 10.2. The van der Waals surface area contributed by atoms with Crippen LogP contribution in [0.15, 0.2) is 30.5 Å². The monoisotopic (exact) mass is 294 g/mol. The van der Waals surface area contributed by atoms with E-state index < -0.39 is 4.92 Å². The molecular weight excluding hydrogens is 284 g/mol. The minimum absolute atomic E-state index is 0.0521. The first-order chi connectivity index (χ1) is 9.60. The highest BCUT2D eigenvalue weighted by molar-refractivity contribution is 6.28. The van der Waals surface area contributed by atoms with Crippen molar-refractivity contribution in [3.05, 3.63) is 51.4 Å². The van der Waals surface area contributed by atoms with Crippen LogP contribution in [-0.2, 0) is 6.54 Å². The quantitative estimate of drug-likeness (QED) is 0.518. The molecule has 7 nitrogen and oxygen atoms in total. The molecular formula is C12H11ClN4O3. The molecule has 1 heterocycles. The number of anilines is 1. The summed E-state index contributed by atoms with van der Waals surface area (Å²) in [6.07, 6.45) is 1.07. The Bertz CT molecular complexity index is 636. The van der Waals surface area contributed by atoms with E-state index in [0.29, 0.717) is 12.3 Å². The summed E-state index contributed by atoms with van der Waals surface area (Å²) in [5.74, 6) is 0.789. The van der Waals surface area contributed by atoms with Gasteiger partial charge in [0.2, 0.25) is 11.1 Å². The number of nitrogens with one attached hydrogen (secondary N) is 1. The van der Waals surface area contributed by atoms with Crippen LogP contribution in [0.25, 0.3) is 0 Å². The van der Waals surface area contributed by atoms with Gasteiger partial charge >= 0.3 is 5.69 Å². The predicted octanol–water partition coefficient (Wildman–Crippen LogP) is 2.66. The Hall–Kier alpha value is -2.41. The topological polar surface area (TPSA) is 90.2 Å². The van der Waals surface area contributed by atoms with Crippen LogP contribution in [0.3, 0.4) is 0 Å². The number of benzene rings is 1. The molecule has 0 spiro atoms. The predicted molar refractivity (Wildman–Crippen MR) is 74.0 cm³/mol. The maximum Gasteiger partial charge on any atom is 0.329 e. The summed E-state index contributed by atoms with van der Waals surface area (Å²) in [4.78, 5) is 17.7. The van der Waals surface area contributed by atoms with E-state index in [1.165, 1.54) is 0 Å². The molecule has 0 saturated carbocycles. The number of hydrogen-bond acceptors (Lipinski definition) is 6. The normalized spacial score (nSPS) is 10.1. The lowest BCUT2D eigenvalue weighted by Gasteiger charge is -2.07. The van der Waals surface area contributed by atoms with Gasteiger partial charge in [-0.25, -0.2) is 4.98 Å². The fourth-order valence-corrected chi connectivity index (χ4v) is 1.72. The molecule has 0 saturated heterocycles. The Kier molecular flexibility index (Phi) is 4.31. The summed E-state index contributed by atoms with van der Waals surface area (Å²) in [5.41, 5.74) is 0.672. The van der Waals surface area contributed by atoms with Crippen molar-refractivity contribution in [2.24, 2.45) is 0 Å². The Morgan fingerprint density at radius 3 is 3.00 bits per heavy atom. The minimum Gasteiger partial charge on any atom is -0.497 e. The Morgan fingerprint density at radius 1 is 1.50 bits per heavy atom. The molecule has 0 unspecified atom stereocenters. The lowest BCUT2D eigenvalue weighted by Crippen LogP contribution is -2.05. The highest BCUT2D eigenvalue weighted by Gasteiger charge is 2.16. The van der Waals surface area contributed by atoms with E-state index in [1.807, 2.05) is 24.3 Å². The van der Waals surface area contributed by atoms with Gasteiger partial charge in [-0.2, -0.15) is 4.98 Å². The van der Waals surface area contributed by atoms with Gasteiger partial charge in [0.25, 0.3) is 0 Å². The third-order valence-corrected chi connectivity index (χ3v) is 2.71. The van der Waals surface area contributed by atoms with Crippen molar-refractivity contribution < 1.29 is 9.66 Å². The van der Waals surface area contributed by atoms with Gasteiger partial charge in [-0.05, 0) is 29.3 Å². The molecule has 1 aromatic heterocycles. The molecule has 0 amide bonds. The van der Waals surface area contributed by atoms with Gasteiger partial charge in [-0.3, -0.25) is 10.1 Å². The fraction of sp³-hybridized carbons (Fsp3) is 0.167. The largest absolute Gasteiger partial charge is 0.497 e. The second kappa shape index (κ2) is 6.16. The van der Waals surface area contributed by atoms with Crippen LogP contribution in [0, 0.1) is 10.1 Å². The van der Waals surface area contributed by atoms with Crippen molar-refractivity contribution in [1.82, 2.24) is 9.97 Å². The zero-order chi connectivity index (χ0) is 14.5. The second-order valence-electron chi connectivity index (χ2n) is 3.84. The molecule has 8 heteroatoms. The highest BCUT2D eigenvalue weighted by Crippen LogP contribution is 2.23. The second-order valence-corrected chi connectivity index (χ2v) is 4.17. The van der Waals surface area contributed by atoms with Gasteiger partial charge in [-0.1, -0.05) is 12.1 Å². The zero-order valence-electron chi connectivity index (χ0n) is 10.5. The average Bonchev–Trinajstić information content (AvgIpc) is 2.45. The Labute approximate surface area is 119 Å². The third kappa shape index (κ3) is 3.33. The average molecular weight is 295 g/mol. The van der Waals surface area contributed by atoms with Gasteiger partial charge in [0.1, 0.15) is 11.9 Å². The van der Waals surface area contributed by atoms with E-state index in [-0.39, 0.29) is 16.8 Å². The van der Waals surface area contributed by atoms with Crippen molar-refractivity contribution >= 4 is 23.1 Å². The first kappa shape index (κ1) is 14.0. The van der Waals surface area contributed by atoms with E-state index >= 15 is 0 Å². The van der Waals surface area contributed by atoms with E-state index in [9.17, 15) is 10.1 Å². The number of ether oxygens (including phenoxy) is 1. The number of halogens is 1. The number of aromatic nitrogens is 2. The van der Waals surface area contributed by atoms with Gasteiger partial charge in [-0.15, -0.1) is 0 Å². The summed E-state index contributed by atoms with van der Waals surface area (Å²) in [6, 6.07) is 7.33. The van der Waals surface area contributed by atoms with Gasteiger partial charge in [0, 0.05) is 6.54 Å². The van der Waals surface area contributed by atoms with E-state index in [4.69, 9.17) is 16.3 Å². The molecule has 1 aromatic carbocycles. The van der Waals surface area contributed by atoms with Crippen LogP contribution in [0.4, 0.5) is 11.5 Å². The number of hydrogen-bond donors (Lipinski definition) is 1. The fourth-order valence-electron chi connectivity index (χ4n) is 1.59. The first-order valence-electron chi connectivity index (χ1n) is 5.64. The maximum absolute atomic E-state index is 10.9. The van der Waals surface area contributed by atoms with Crippen LogP contribution in [0.2, 0.25) is 5.28 Å². The van der Waals surface area contributed by atoms with Crippen molar-refractivity contribution in [3.63, 3.8) is 0 Å². The standard InChI is InChI=1S/C12H11ClN4O3/c1-20-9-4-2-3-8(5-9)6-14-11-10(17(18)19)7-15-12(13)16-11/h2-5,7H,6H2,1H3,(H,14,15,16). The Balaban J connectivity index is 2.17. The maximum atomic E-state index is 10.9. The molecule has 20 heavy (non-hydrogen) atoms. The highest BCUT2D eigenvalue weighted by atomic mass is 35.5. The smallest absolute Gasteiger partial charge is 0.329 e. The molecule has 2 rings (SSSR count). The van der Waals surface area contributed by atoms with Crippen LogP contribution in [0.5, 0.6) is 5.75 Å². The van der Waals surface area contributed by atoms with Crippen molar-refractivity contribution in [2.45, 2.75) is 6.54 Å². The molecule has 0 atom stereocenters. The van der Waals surface area contributed by atoms with Crippen molar-refractivity contribution in [2.75, 3.05) is 12.4 Å². The first-order valence-corrected chi connectivity index (χ1v) is 6.01. The van der Waals surface area contributed by atoms with Gasteiger partial charge in [0.15, 0.2) is 0 Å². The van der Waals surface area contributed by atoms with Gasteiger partial charge < -0.3 is 10.1 Å². The molecule has 104 valence electrons. The number of nitro groups is 1. The lowest BCUT2D eigenvalue weighted by molar-refractivity contribution is -0.384. The molecule has 0 aliphatic heterocycles. The Morgan fingerprint density at radius 2 is 2.30 bits per heavy atom. The molecule has 2 aromatic rings. The molecule has 1 N–H and O–H groups in total. The van der Waals surface area contributed by atoms with Crippen LogP contribution in [-0.4, -0.2) is 22.0 Å². The SMILES string of the molecule is COc1cccc(CNc2nc(Cl)ncc2[N+](=O)[O-])c1. The minimum atomic E-state index is -0.565. The van der Waals surface area contributed by atoms with E-state index in [1.54, 1.807) is 7.11 Å². The molecule has 0 fully saturated rings. The van der Waals surface area contributed by atoms with E-state index in [0.717, 1.165) is 11.8 Å². The zero-order valence-corrected chi connectivity index (χ0v) is 11.3.